The number of nitrogens with one attached hydrogen (secondary N) is 2. The van der Waals surface area contributed by atoms with E-state index in [0.29, 0.717) is 23.4 Å². The lowest BCUT2D eigenvalue weighted by Crippen LogP contribution is -2.45. The van der Waals surface area contributed by atoms with Crippen LogP contribution < -0.4 is 43.5 Å². The largest absolute Gasteiger partial charge is 0.573 e. The Bertz CT molecular complexity index is 1600. The molecule has 0 bridgehead atoms. The third kappa shape index (κ3) is 7.88. The first-order valence-corrected chi connectivity index (χ1v) is 12.6. The van der Waals surface area contributed by atoms with Crippen LogP contribution in [0.15, 0.2) is 70.8 Å². The first kappa shape index (κ1) is 30.8. The molecule has 0 spiro atoms. The topological polar surface area (TPSA) is 137 Å². The molecule has 218 valence electrons. The van der Waals surface area contributed by atoms with Crippen molar-refractivity contribution in [1.29, 1.82) is 0 Å². The van der Waals surface area contributed by atoms with E-state index in [4.69, 9.17) is 16.7 Å². The zero-order valence-electron chi connectivity index (χ0n) is 23.0. The molecule has 0 aliphatic carbocycles. The average Bonchev–Trinajstić information content (AvgIpc) is 3.16. The fraction of sp³-hybridized carbons (Fsp3) is 0.250. The molecule has 0 atom stereocenters. The Balaban J connectivity index is 2.09. The third-order valence-electron chi connectivity index (χ3n) is 6.19. The lowest BCUT2D eigenvalue weighted by Gasteiger charge is -2.09. The number of hydrogen-bond acceptors (Lipinski definition) is 6. The Hall–Kier alpha value is -4.78. The Kier molecular flexibility index (Phi) is 10.1. The maximum atomic E-state index is 12.6. The molecule has 3 aromatic rings. The minimum Gasteiger partial charge on any atom is -0.406 e. The third-order valence-corrected chi connectivity index (χ3v) is 6.19. The summed E-state index contributed by atoms with van der Waals surface area (Å²) in [5.74, 6) is 9.54. The molecular formula is C28H33F3N8O2. The van der Waals surface area contributed by atoms with E-state index in [1.54, 1.807) is 24.3 Å². The highest BCUT2D eigenvalue weighted by atomic mass is 19.4. The average molecular weight is 571 g/mol. The van der Waals surface area contributed by atoms with Crippen molar-refractivity contribution in [3.63, 3.8) is 0 Å². The molecule has 1 heterocycles. The Morgan fingerprint density at radius 3 is 2.34 bits per heavy atom. The van der Waals surface area contributed by atoms with E-state index in [-0.39, 0.29) is 11.7 Å². The number of ether oxygens (including phenoxy) is 1. The first-order valence-electron chi connectivity index (χ1n) is 12.6. The summed E-state index contributed by atoms with van der Waals surface area (Å²) in [4.78, 5) is 17.2. The maximum Gasteiger partial charge on any atom is 0.573 e. The predicted octanol–water partition coefficient (Wildman–Crippen LogP) is 2.37. The van der Waals surface area contributed by atoms with Gasteiger partial charge in [-0.25, -0.2) is 10.8 Å². The van der Waals surface area contributed by atoms with Gasteiger partial charge in [0.15, 0.2) is 0 Å². The number of hydrogen-bond donors (Lipinski definition) is 4. The molecular weight excluding hydrogens is 537 g/mol. The highest BCUT2D eigenvalue weighted by Gasteiger charge is 2.31. The van der Waals surface area contributed by atoms with Crippen LogP contribution in [0.3, 0.4) is 0 Å². The van der Waals surface area contributed by atoms with Gasteiger partial charge < -0.3 is 19.7 Å². The van der Waals surface area contributed by atoms with E-state index in [0.717, 1.165) is 34.7 Å². The molecule has 1 amide bonds. The highest BCUT2D eigenvalue weighted by molar-refractivity contribution is 6.05. The summed E-state index contributed by atoms with van der Waals surface area (Å²) >= 11 is 0. The monoisotopic (exact) mass is 570 g/mol. The van der Waals surface area contributed by atoms with Crippen molar-refractivity contribution in [2.24, 2.45) is 28.8 Å². The molecule has 6 N–H and O–H groups in total. The van der Waals surface area contributed by atoms with Gasteiger partial charge in [0.05, 0.1) is 22.9 Å². The molecule has 41 heavy (non-hydrogen) atoms. The minimum absolute atomic E-state index is 0.0849. The quantitative estimate of drug-likeness (QED) is 0.108. The van der Waals surface area contributed by atoms with Gasteiger partial charge in [-0.2, -0.15) is 0 Å². The lowest BCUT2D eigenvalue weighted by atomic mass is 10.1. The molecule has 1 aromatic heterocycles. The summed E-state index contributed by atoms with van der Waals surface area (Å²) in [6, 6.07) is 12.2. The van der Waals surface area contributed by atoms with Crippen LogP contribution in [0.4, 0.5) is 18.9 Å². The minimum atomic E-state index is -4.78. The van der Waals surface area contributed by atoms with Gasteiger partial charge in [0.1, 0.15) is 5.75 Å². The summed E-state index contributed by atoms with van der Waals surface area (Å²) < 4.78 is 45.6. The zero-order chi connectivity index (χ0) is 30.2. The van der Waals surface area contributed by atoms with E-state index >= 15 is 0 Å². The van der Waals surface area contributed by atoms with Crippen molar-refractivity contribution < 1.29 is 22.7 Å². The molecule has 10 nitrogen and oxygen atoms in total. The number of allylic oxidation sites excluding steroid dienone is 2. The number of alkyl halides is 3. The number of guanidine groups is 1. The number of benzene rings is 2. The summed E-state index contributed by atoms with van der Waals surface area (Å²) in [7, 11) is 1.88. The van der Waals surface area contributed by atoms with E-state index in [9.17, 15) is 18.0 Å². The SMILES string of the molecule is C=c1/c(=C(/CC)C/C=C\C)n(C)c(=Nc2ccc(OC(F)(F)F)cc2)n1Cc1ccc(C(=O)N/C(=N/N)NN)cc1. The van der Waals surface area contributed by atoms with Crippen LogP contribution in [0.1, 0.15) is 42.6 Å². The molecule has 0 aliphatic heterocycles. The number of nitrogens with two attached hydrogens (primary N) is 2. The van der Waals surface area contributed by atoms with Gasteiger partial charge in [0.2, 0.25) is 11.6 Å². The van der Waals surface area contributed by atoms with Crippen LogP contribution in [0.5, 0.6) is 5.75 Å². The van der Waals surface area contributed by atoms with Crippen molar-refractivity contribution >= 4 is 29.7 Å². The van der Waals surface area contributed by atoms with Gasteiger partial charge >= 0.3 is 6.36 Å². The van der Waals surface area contributed by atoms with Crippen LogP contribution in [0, 0.1) is 0 Å². The summed E-state index contributed by atoms with van der Waals surface area (Å²) in [6.07, 6.45) is 0.773. The van der Waals surface area contributed by atoms with Crippen LogP contribution in [0.2, 0.25) is 0 Å². The van der Waals surface area contributed by atoms with Crippen LogP contribution in [-0.2, 0) is 13.6 Å². The van der Waals surface area contributed by atoms with Gasteiger partial charge in [-0.15, -0.1) is 18.3 Å². The summed E-state index contributed by atoms with van der Waals surface area (Å²) in [5.41, 5.74) is 5.53. The number of carbonyl (C=O) groups is 1. The van der Waals surface area contributed by atoms with E-state index < -0.39 is 12.3 Å². The number of nitrogens with zero attached hydrogens (tertiary/aromatic N) is 4. The molecule has 0 saturated carbocycles. The van der Waals surface area contributed by atoms with Crippen LogP contribution in [-0.4, -0.2) is 27.4 Å². The van der Waals surface area contributed by atoms with Crippen molar-refractivity contribution in [2.45, 2.75) is 39.6 Å². The van der Waals surface area contributed by atoms with Gasteiger partial charge in [-0.3, -0.25) is 15.5 Å². The smallest absolute Gasteiger partial charge is 0.406 e. The number of aromatic nitrogens is 2. The van der Waals surface area contributed by atoms with Gasteiger partial charge in [-0.05, 0) is 67.3 Å². The van der Waals surface area contributed by atoms with Crippen molar-refractivity contribution in [3.05, 3.63) is 88.1 Å². The Labute approximate surface area is 234 Å². The number of hydrazone groups is 1. The zero-order valence-corrected chi connectivity index (χ0v) is 23.0. The second-order valence-electron chi connectivity index (χ2n) is 8.90. The maximum absolute atomic E-state index is 12.6. The molecule has 0 saturated heterocycles. The lowest BCUT2D eigenvalue weighted by molar-refractivity contribution is -0.274. The molecule has 0 radical (unpaired) electrons. The molecule has 2 aromatic carbocycles. The molecule has 3 rings (SSSR count). The van der Waals surface area contributed by atoms with E-state index in [2.05, 4.69) is 40.2 Å². The standard InChI is InChI=1S/C28H33F3N8O2/c1-5-7-8-20(6-2)24-18(3)39(17-19-9-11-21(12-10-19)25(40)35-26(36-32)37-33)27(38(24)4)34-22-13-15-23(16-14-22)41-28(29,30)31/h5,7,9-16H,3,6,8,17,32-33H2,1-2,4H3,(H2,35,36,37,40)/b7-5-,24-20+,34-27?. The number of amides is 1. The van der Waals surface area contributed by atoms with Gasteiger partial charge in [0, 0.05) is 12.6 Å². The number of halogens is 3. The van der Waals surface area contributed by atoms with Crippen molar-refractivity contribution in [3.8, 4) is 5.75 Å². The second kappa shape index (κ2) is 13.5. The number of carbonyl (C=O) groups excluding carboxylic acids is 1. The molecule has 0 unspecified atom stereocenters. The number of imidazole rings is 1. The molecule has 0 fully saturated rings. The summed E-state index contributed by atoms with van der Waals surface area (Å²) in [5, 5.41) is 7.42. The van der Waals surface area contributed by atoms with Gasteiger partial charge in [-0.1, -0.05) is 37.8 Å². The molecule has 13 heteroatoms. The van der Waals surface area contributed by atoms with E-state index in [1.165, 1.54) is 24.3 Å². The van der Waals surface area contributed by atoms with Crippen LogP contribution >= 0.6 is 0 Å². The highest BCUT2D eigenvalue weighted by Crippen LogP contribution is 2.24. The fourth-order valence-corrected chi connectivity index (χ4v) is 4.20. The Morgan fingerprint density at radius 2 is 1.80 bits per heavy atom. The van der Waals surface area contributed by atoms with Crippen molar-refractivity contribution in [1.82, 2.24) is 19.9 Å². The Morgan fingerprint density at radius 1 is 1.15 bits per heavy atom. The normalized spacial score (nSPS) is 13.4. The van der Waals surface area contributed by atoms with E-state index in [1.807, 2.05) is 29.2 Å². The number of hydrazine groups is 1. The summed E-state index contributed by atoms with van der Waals surface area (Å²) in [6.45, 7) is 8.74. The second-order valence-corrected chi connectivity index (χ2v) is 8.90. The van der Waals surface area contributed by atoms with Gasteiger partial charge in [0.25, 0.3) is 5.91 Å². The molecule has 0 aliphatic rings. The predicted molar refractivity (Wildman–Crippen MR) is 152 cm³/mol. The first-order chi connectivity index (χ1) is 19.5. The van der Waals surface area contributed by atoms with Crippen molar-refractivity contribution in [2.75, 3.05) is 0 Å². The fourth-order valence-electron chi connectivity index (χ4n) is 4.20. The van der Waals surface area contributed by atoms with Crippen LogP contribution in [0.25, 0.3) is 12.2 Å². The number of rotatable bonds is 8.